The molecule has 124 valence electrons. The van der Waals surface area contributed by atoms with Crippen molar-refractivity contribution in [2.75, 3.05) is 5.32 Å². The monoisotopic (exact) mass is 365 g/mol. The fourth-order valence-electron chi connectivity index (χ4n) is 2.55. The second kappa shape index (κ2) is 6.82. The van der Waals surface area contributed by atoms with E-state index in [9.17, 15) is 4.79 Å². The summed E-state index contributed by atoms with van der Waals surface area (Å²) in [4.78, 5) is 21.5. The lowest BCUT2D eigenvalue weighted by Gasteiger charge is -2.12. The number of nitrogens with zero attached hydrogens (tertiary/aromatic N) is 2. The van der Waals surface area contributed by atoms with E-state index in [1.807, 2.05) is 61.5 Å². The Hall–Kier alpha value is -2.44. The molecule has 6 heteroatoms. The standard InChI is InChI=1S/C19H15N3OS2/c1-12(24-19-22-16-7-2-3-10-17(16)25-19)18(23)21-15-9-4-8-14-13(15)6-5-11-20-14/h2-12H,1H3,(H,21,23). The molecule has 1 N–H and O–H groups in total. The first kappa shape index (κ1) is 16.1. The number of fused-ring (bicyclic) bond motifs is 2. The van der Waals surface area contributed by atoms with Crippen molar-refractivity contribution >= 4 is 55.8 Å². The van der Waals surface area contributed by atoms with Gasteiger partial charge in [-0.25, -0.2) is 4.98 Å². The molecule has 4 nitrogen and oxygen atoms in total. The number of thioether (sulfide) groups is 1. The van der Waals surface area contributed by atoms with Gasteiger partial charge in [0.15, 0.2) is 4.34 Å². The van der Waals surface area contributed by atoms with E-state index in [2.05, 4.69) is 15.3 Å². The highest BCUT2D eigenvalue weighted by molar-refractivity contribution is 8.02. The number of amides is 1. The topological polar surface area (TPSA) is 54.9 Å². The van der Waals surface area contributed by atoms with Gasteiger partial charge in [0.1, 0.15) is 0 Å². The molecule has 0 aliphatic heterocycles. The third-order valence-electron chi connectivity index (χ3n) is 3.82. The zero-order valence-electron chi connectivity index (χ0n) is 13.5. The van der Waals surface area contributed by atoms with E-state index in [0.717, 1.165) is 31.1 Å². The van der Waals surface area contributed by atoms with Crippen molar-refractivity contribution in [1.82, 2.24) is 9.97 Å². The fraction of sp³-hybridized carbons (Fsp3) is 0.105. The van der Waals surface area contributed by atoms with Crippen LogP contribution in [-0.4, -0.2) is 21.1 Å². The summed E-state index contributed by atoms with van der Waals surface area (Å²) in [6, 6.07) is 17.6. The van der Waals surface area contributed by atoms with Crippen LogP contribution in [-0.2, 0) is 4.79 Å². The summed E-state index contributed by atoms with van der Waals surface area (Å²) in [7, 11) is 0. The third-order valence-corrected chi connectivity index (χ3v) is 6.05. The number of hydrogen-bond donors (Lipinski definition) is 1. The summed E-state index contributed by atoms with van der Waals surface area (Å²) in [5, 5.41) is 3.71. The maximum Gasteiger partial charge on any atom is 0.237 e. The number of anilines is 1. The summed E-state index contributed by atoms with van der Waals surface area (Å²) in [6.07, 6.45) is 1.75. The predicted octanol–water partition coefficient (Wildman–Crippen LogP) is 4.96. The zero-order valence-corrected chi connectivity index (χ0v) is 15.1. The number of benzene rings is 2. The Balaban J connectivity index is 1.52. The van der Waals surface area contributed by atoms with Crippen molar-refractivity contribution in [2.45, 2.75) is 16.5 Å². The van der Waals surface area contributed by atoms with E-state index in [1.54, 1.807) is 17.5 Å². The molecule has 2 heterocycles. The number of rotatable bonds is 4. The second-order valence-electron chi connectivity index (χ2n) is 5.57. The SMILES string of the molecule is CC(Sc1nc2ccccc2s1)C(=O)Nc1cccc2ncccc12. The van der Waals surface area contributed by atoms with Gasteiger partial charge in [0.2, 0.25) is 5.91 Å². The first-order valence-electron chi connectivity index (χ1n) is 7.87. The van der Waals surface area contributed by atoms with Crippen LogP contribution in [0.4, 0.5) is 5.69 Å². The maximum absolute atomic E-state index is 12.6. The average Bonchev–Trinajstić information content (AvgIpc) is 3.04. The molecule has 0 aliphatic carbocycles. The van der Waals surface area contributed by atoms with Gasteiger partial charge in [-0.3, -0.25) is 9.78 Å². The van der Waals surface area contributed by atoms with Crippen LogP contribution in [0.25, 0.3) is 21.1 Å². The Morgan fingerprint density at radius 1 is 1.08 bits per heavy atom. The summed E-state index contributed by atoms with van der Waals surface area (Å²) < 4.78 is 2.04. The molecule has 0 bridgehead atoms. The number of pyridine rings is 1. The number of aromatic nitrogens is 2. The van der Waals surface area contributed by atoms with Crippen molar-refractivity contribution in [3.63, 3.8) is 0 Å². The Labute approximate surface area is 153 Å². The van der Waals surface area contributed by atoms with Gasteiger partial charge < -0.3 is 5.32 Å². The van der Waals surface area contributed by atoms with Crippen LogP contribution in [0.2, 0.25) is 0 Å². The molecular formula is C19H15N3OS2. The van der Waals surface area contributed by atoms with E-state index in [0.29, 0.717) is 0 Å². The Morgan fingerprint density at radius 2 is 1.92 bits per heavy atom. The molecule has 1 amide bonds. The highest BCUT2D eigenvalue weighted by atomic mass is 32.2. The molecule has 2 aromatic heterocycles. The minimum absolute atomic E-state index is 0.0411. The van der Waals surface area contributed by atoms with Crippen molar-refractivity contribution in [2.24, 2.45) is 0 Å². The van der Waals surface area contributed by atoms with Crippen LogP contribution in [0.5, 0.6) is 0 Å². The molecule has 25 heavy (non-hydrogen) atoms. The van der Waals surface area contributed by atoms with E-state index in [1.165, 1.54) is 11.8 Å². The molecule has 0 saturated carbocycles. The molecule has 2 aromatic carbocycles. The highest BCUT2D eigenvalue weighted by Gasteiger charge is 2.17. The molecule has 0 fully saturated rings. The molecule has 0 aliphatic rings. The van der Waals surface area contributed by atoms with E-state index in [-0.39, 0.29) is 11.2 Å². The van der Waals surface area contributed by atoms with Crippen LogP contribution in [0.1, 0.15) is 6.92 Å². The van der Waals surface area contributed by atoms with Crippen LogP contribution in [0.3, 0.4) is 0 Å². The minimum Gasteiger partial charge on any atom is -0.324 e. The van der Waals surface area contributed by atoms with E-state index in [4.69, 9.17) is 0 Å². The quantitative estimate of drug-likeness (QED) is 0.519. The number of carbonyl (C=O) groups is 1. The predicted molar refractivity (Wildman–Crippen MR) is 105 cm³/mol. The lowest BCUT2D eigenvalue weighted by molar-refractivity contribution is -0.115. The average molecular weight is 365 g/mol. The lowest BCUT2D eigenvalue weighted by atomic mass is 10.2. The Morgan fingerprint density at radius 3 is 2.80 bits per heavy atom. The molecule has 4 rings (SSSR count). The summed E-state index contributed by atoms with van der Waals surface area (Å²) >= 11 is 3.10. The van der Waals surface area contributed by atoms with Gasteiger partial charge in [0.25, 0.3) is 0 Å². The molecule has 0 radical (unpaired) electrons. The summed E-state index contributed by atoms with van der Waals surface area (Å²) in [5.74, 6) is -0.0411. The van der Waals surface area contributed by atoms with E-state index < -0.39 is 0 Å². The Kier molecular flexibility index (Phi) is 4.38. The zero-order chi connectivity index (χ0) is 17.2. The molecule has 0 spiro atoms. The minimum atomic E-state index is -0.243. The van der Waals surface area contributed by atoms with Crippen LogP contribution >= 0.6 is 23.1 Å². The number of thiazole rings is 1. The number of hydrogen-bond acceptors (Lipinski definition) is 5. The number of carbonyl (C=O) groups excluding carboxylic acids is 1. The third kappa shape index (κ3) is 3.36. The molecule has 4 aromatic rings. The first-order valence-corrected chi connectivity index (χ1v) is 9.57. The maximum atomic E-state index is 12.6. The van der Waals surface area contributed by atoms with Gasteiger partial charge in [0, 0.05) is 11.6 Å². The van der Waals surface area contributed by atoms with Gasteiger partial charge in [-0.2, -0.15) is 0 Å². The van der Waals surface area contributed by atoms with Gasteiger partial charge >= 0.3 is 0 Å². The van der Waals surface area contributed by atoms with Gasteiger partial charge in [0.05, 0.1) is 26.7 Å². The second-order valence-corrected chi connectivity index (χ2v) is 8.19. The number of para-hydroxylation sites is 1. The molecule has 0 saturated heterocycles. The van der Waals surface area contributed by atoms with Crippen LogP contribution in [0, 0.1) is 0 Å². The van der Waals surface area contributed by atoms with Gasteiger partial charge in [-0.15, -0.1) is 11.3 Å². The summed E-state index contributed by atoms with van der Waals surface area (Å²) in [6.45, 7) is 1.90. The largest absolute Gasteiger partial charge is 0.324 e. The van der Waals surface area contributed by atoms with E-state index >= 15 is 0 Å². The van der Waals surface area contributed by atoms with Gasteiger partial charge in [-0.1, -0.05) is 30.0 Å². The first-order chi connectivity index (χ1) is 12.2. The van der Waals surface area contributed by atoms with Crippen molar-refractivity contribution < 1.29 is 4.79 Å². The molecular weight excluding hydrogens is 350 g/mol. The Bertz CT molecular complexity index is 1020. The molecule has 1 atom stereocenters. The van der Waals surface area contributed by atoms with Crippen molar-refractivity contribution in [1.29, 1.82) is 0 Å². The van der Waals surface area contributed by atoms with Crippen molar-refractivity contribution in [3.05, 3.63) is 60.8 Å². The van der Waals surface area contributed by atoms with Crippen LogP contribution in [0.15, 0.2) is 65.1 Å². The van der Waals surface area contributed by atoms with Crippen LogP contribution < -0.4 is 5.32 Å². The highest BCUT2D eigenvalue weighted by Crippen LogP contribution is 2.32. The lowest BCUT2D eigenvalue weighted by Crippen LogP contribution is -2.22. The summed E-state index contributed by atoms with van der Waals surface area (Å²) in [5.41, 5.74) is 2.63. The fourth-order valence-corrected chi connectivity index (χ4v) is 4.76. The smallest absolute Gasteiger partial charge is 0.237 e. The normalized spacial score (nSPS) is 12.4. The molecule has 1 unspecified atom stereocenters. The number of nitrogens with one attached hydrogen (secondary N) is 1. The van der Waals surface area contributed by atoms with Crippen molar-refractivity contribution in [3.8, 4) is 0 Å². The van der Waals surface area contributed by atoms with Gasteiger partial charge in [-0.05, 0) is 43.3 Å².